The summed E-state index contributed by atoms with van der Waals surface area (Å²) < 4.78 is 5.34. The molecule has 4 heteroatoms. The molecule has 0 aromatic heterocycles. The summed E-state index contributed by atoms with van der Waals surface area (Å²) >= 11 is 11.8. The lowest BCUT2D eigenvalue weighted by Crippen LogP contribution is -2.10. The molecular weight excluding hydrogens is 271 g/mol. The Bertz CT molecular complexity index is 391. The summed E-state index contributed by atoms with van der Waals surface area (Å²) in [6, 6.07) is 4.86. The number of hydrogen-bond donors (Lipinski definition) is 0. The van der Waals surface area contributed by atoms with Crippen molar-refractivity contribution in [3.63, 3.8) is 0 Å². The molecule has 0 heterocycles. The molecule has 100 valence electrons. The van der Waals surface area contributed by atoms with E-state index in [0.29, 0.717) is 22.2 Å². The second-order valence-corrected chi connectivity index (χ2v) is 5.00. The summed E-state index contributed by atoms with van der Waals surface area (Å²) in [4.78, 5) is 11.8. The van der Waals surface area contributed by atoms with Crippen LogP contribution in [0.2, 0.25) is 10.0 Å². The molecule has 1 rings (SSSR count). The van der Waals surface area contributed by atoms with Crippen molar-refractivity contribution in [2.45, 2.75) is 32.6 Å². The molecule has 0 aliphatic carbocycles. The molecule has 18 heavy (non-hydrogen) atoms. The lowest BCUT2D eigenvalue weighted by atomic mass is 10.1. The molecule has 0 bridgehead atoms. The van der Waals surface area contributed by atoms with E-state index in [9.17, 15) is 4.79 Å². The maximum absolute atomic E-state index is 11.8. The van der Waals surface area contributed by atoms with E-state index in [1.54, 1.807) is 18.2 Å². The fraction of sp³-hybridized carbons (Fsp3) is 0.500. The molecule has 0 atom stereocenters. The Hall–Kier alpha value is -0.570. The van der Waals surface area contributed by atoms with Crippen molar-refractivity contribution in [1.82, 2.24) is 0 Å². The molecule has 0 N–H and O–H groups in total. The fourth-order valence-electron chi connectivity index (χ4n) is 1.58. The molecule has 2 nitrogen and oxygen atoms in total. The minimum Gasteiger partial charge on any atom is -0.373 e. The smallest absolute Gasteiger partial charge is 0.190 e. The predicted octanol–water partition coefficient (Wildman–Crippen LogP) is 4.77. The largest absolute Gasteiger partial charge is 0.373 e. The van der Waals surface area contributed by atoms with E-state index in [4.69, 9.17) is 27.9 Å². The second kappa shape index (κ2) is 8.52. The zero-order chi connectivity index (χ0) is 13.4. The van der Waals surface area contributed by atoms with Crippen LogP contribution in [0.3, 0.4) is 0 Å². The normalized spacial score (nSPS) is 10.6. The van der Waals surface area contributed by atoms with Gasteiger partial charge in [0.2, 0.25) is 0 Å². The molecule has 0 aliphatic rings. The number of ether oxygens (including phenoxy) is 1. The molecule has 0 saturated carbocycles. The van der Waals surface area contributed by atoms with Gasteiger partial charge in [0.1, 0.15) is 6.61 Å². The second-order valence-electron chi connectivity index (χ2n) is 4.16. The first kappa shape index (κ1) is 15.5. The third kappa shape index (κ3) is 5.38. The number of halogens is 2. The van der Waals surface area contributed by atoms with Gasteiger partial charge in [-0.1, -0.05) is 49.4 Å². The van der Waals surface area contributed by atoms with Gasteiger partial charge < -0.3 is 4.74 Å². The maximum atomic E-state index is 11.8. The molecular formula is C14H18Cl2O2. The van der Waals surface area contributed by atoms with Crippen LogP contribution in [-0.2, 0) is 4.74 Å². The number of Topliss-reactive ketones (excluding diaryl/α,β-unsaturated/α-hetero) is 1. The van der Waals surface area contributed by atoms with Crippen LogP contribution in [0.1, 0.15) is 43.0 Å². The van der Waals surface area contributed by atoms with Crippen LogP contribution < -0.4 is 0 Å². The van der Waals surface area contributed by atoms with Gasteiger partial charge in [0.15, 0.2) is 5.78 Å². The van der Waals surface area contributed by atoms with E-state index in [1.165, 1.54) is 12.8 Å². The van der Waals surface area contributed by atoms with E-state index in [1.807, 2.05) is 0 Å². The Labute approximate surface area is 118 Å². The maximum Gasteiger partial charge on any atom is 0.190 e. The van der Waals surface area contributed by atoms with Crippen LogP contribution in [0, 0.1) is 0 Å². The van der Waals surface area contributed by atoms with Crippen molar-refractivity contribution >= 4 is 29.0 Å². The highest BCUT2D eigenvalue weighted by atomic mass is 35.5. The van der Waals surface area contributed by atoms with Crippen LogP contribution in [-0.4, -0.2) is 19.0 Å². The number of unbranched alkanes of at least 4 members (excludes halogenated alkanes) is 3. The highest BCUT2D eigenvalue weighted by molar-refractivity contribution is 6.35. The molecule has 1 aromatic rings. The lowest BCUT2D eigenvalue weighted by Gasteiger charge is -2.05. The van der Waals surface area contributed by atoms with Gasteiger partial charge in [0.25, 0.3) is 0 Å². The van der Waals surface area contributed by atoms with Gasteiger partial charge >= 0.3 is 0 Å². The average molecular weight is 289 g/mol. The molecule has 0 fully saturated rings. The van der Waals surface area contributed by atoms with Crippen molar-refractivity contribution in [1.29, 1.82) is 0 Å². The Morgan fingerprint density at radius 3 is 2.72 bits per heavy atom. The van der Waals surface area contributed by atoms with Gasteiger partial charge in [0.05, 0.1) is 5.02 Å². The summed E-state index contributed by atoms with van der Waals surface area (Å²) in [6.45, 7) is 2.83. The predicted molar refractivity (Wildman–Crippen MR) is 75.8 cm³/mol. The molecule has 0 radical (unpaired) electrons. The third-order valence-corrected chi connectivity index (χ3v) is 3.17. The Morgan fingerprint density at radius 1 is 1.22 bits per heavy atom. The Morgan fingerprint density at radius 2 is 2.00 bits per heavy atom. The number of rotatable bonds is 8. The first-order valence-corrected chi connectivity index (χ1v) is 6.96. The van der Waals surface area contributed by atoms with Crippen molar-refractivity contribution < 1.29 is 9.53 Å². The number of ketones is 1. The van der Waals surface area contributed by atoms with Crippen molar-refractivity contribution in [2.24, 2.45) is 0 Å². The van der Waals surface area contributed by atoms with Crippen LogP contribution in [0.25, 0.3) is 0 Å². The molecule has 0 unspecified atom stereocenters. The highest BCUT2D eigenvalue weighted by Gasteiger charge is 2.10. The molecule has 0 amide bonds. The van der Waals surface area contributed by atoms with Gasteiger partial charge in [-0.15, -0.1) is 0 Å². The molecule has 1 aromatic carbocycles. The van der Waals surface area contributed by atoms with Gasteiger partial charge in [-0.25, -0.2) is 0 Å². The topological polar surface area (TPSA) is 26.3 Å². The fourth-order valence-corrected chi connectivity index (χ4v) is 1.98. The summed E-state index contributed by atoms with van der Waals surface area (Å²) in [7, 11) is 0. The highest BCUT2D eigenvalue weighted by Crippen LogP contribution is 2.21. The van der Waals surface area contributed by atoms with Gasteiger partial charge in [-0.2, -0.15) is 0 Å². The Balaban J connectivity index is 2.34. The van der Waals surface area contributed by atoms with Gasteiger partial charge in [-0.05, 0) is 24.6 Å². The van der Waals surface area contributed by atoms with Gasteiger partial charge in [0, 0.05) is 17.2 Å². The monoisotopic (exact) mass is 288 g/mol. The lowest BCUT2D eigenvalue weighted by molar-refractivity contribution is 0.0752. The number of benzene rings is 1. The SMILES string of the molecule is CCCCCCOCC(=O)c1cc(Cl)ccc1Cl. The quantitative estimate of drug-likeness (QED) is 0.509. The van der Waals surface area contributed by atoms with Crippen LogP contribution >= 0.6 is 23.2 Å². The van der Waals surface area contributed by atoms with E-state index < -0.39 is 0 Å². The first-order chi connectivity index (χ1) is 8.65. The summed E-state index contributed by atoms with van der Waals surface area (Å²) in [5.41, 5.74) is 0.428. The van der Waals surface area contributed by atoms with Crippen molar-refractivity contribution in [2.75, 3.05) is 13.2 Å². The molecule has 0 aliphatic heterocycles. The zero-order valence-electron chi connectivity index (χ0n) is 10.5. The number of carbonyl (C=O) groups excluding carboxylic acids is 1. The average Bonchev–Trinajstić information content (AvgIpc) is 2.36. The van der Waals surface area contributed by atoms with E-state index in [-0.39, 0.29) is 12.4 Å². The standard InChI is InChI=1S/C14H18Cl2O2/c1-2-3-4-5-8-18-10-14(17)12-9-11(15)6-7-13(12)16/h6-7,9H,2-5,8,10H2,1H3. The van der Waals surface area contributed by atoms with Crippen molar-refractivity contribution in [3.8, 4) is 0 Å². The minimum absolute atomic E-state index is 0.0617. The van der Waals surface area contributed by atoms with Gasteiger partial charge in [-0.3, -0.25) is 4.79 Å². The molecule has 0 saturated heterocycles. The van der Waals surface area contributed by atoms with E-state index >= 15 is 0 Å². The number of carbonyl (C=O) groups is 1. The van der Waals surface area contributed by atoms with E-state index in [2.05, 4.69) is 6.92 Å². The molecule has 0 spiro atoms. The van der Waals surface area contributed by atoms with Crippen LogP contribution in [0.4, 0.5) is 0 Å². The third-order valence-electron chi connectivity index (χ3n) is 2.60. The zero-order valence-corrected chi connectivity index (χ0v) is 12.1. The van der Waals surface area contributed by atoms with Crippen LogP contribution in [0.5, 0.6) is 0 Å². The summed E-state index contributed by atoms with van der Waals surface area (Å²) in [5.74, 6) is -0.127. The number of hydrogen-bond acceptors (Lipinski definition) is 2. The minimum atomic E-state index is -0.127. The van der Waals surface area contributed by atoms with Crippen molar-refractivity contribution in [3.05, 3.63) is 33.8 Å². The van der Waals surface area contributed by atoms with E-state index in [0.717, 1.165) is 12.8 Å². The van der Waals surface area contributed by atoms with Crippen LogP contribution in [0.15, 0.2) is 18.2 Å². The summed E-state index contributed by atoms with van der Waals surface area (Å²) in [6.07, 6.45) is 4.53. The summed E-state index contributed by atoms with van der Waals surface area (Å²) in [5, 5.41) is 0.921. The first-order valence-electron chi connectivity index (χ1n) is 6.21. The Kier molecular flexibility index (Phi) is 7.33.